The van der Waals surface area contributed by atoms with Crippen molar-refractivity contribution in [2.75, 3.05) is 61.8 Å². The minimum atomic E-state index is -4.52. The third-order valence-electron chi connectivity index (χ3n) is 21.8. The van der Waals surface area contributed by atoms with E-state index in [2.05, 4.69) is 0 Å². The number of carbonyl (C=O) groups is 11. The summed E-state index contributed by atoms with van der Waals surface area (Å²) in [7, 11) is -22.4. The predicted molar refractivity (Wildman–Crippen MR) is 530 cm³/mol. The number of carboxylic acids is 1. The minimum Gasteiger partial charge on any atom is -0.748 e. The van der Waals surface area contributed by atoms with Gasteiger partial charge in [0.2, 0.25) is 0 Å². The summed E-state index contributed by atoms with van der Waals surface area (Å²) >= 11 is 15.6. The van der Waals surface area contributed by atoms with Crippen molar-refractivity contribution in [2.24, 2.45) is 47.3 Å². The smallest absolute Gasteiger partial charge is 0.341 e. The van der Waals surface area contributed by atoms with Crippen molar-refractivity contribution >= 4 is 297 Å². The molecule has 7 aromatic rings. The van der Waals surface area contributed by atoms with Crippen molar-refractivity contribution in [2.45, 2.75) is 82.7 Å². The summed E-state index contributed by atoms with van der Waals surface area (Å²) < 4.78 is 215. The Morgan fingerprint density at radius 1 is 0.396 bits per heavy atom. The van der Waals surface area contributed by atoms with E-state index in [-0.39, 0.29) is 104 Å². The Morgan fingerprint density at radius 3 is 1.23 bits per heavy atom. The van der Waals surface area contributed by atoms with E-state index in [1.807, 2.05) is 229 Å². The molecule has 8 unspecified atom stereocenters. The van der Waals surface area contributed by atoms with Crippen LogP contribution in [0.3, 0.4) is 0 Å². The van der Waals surface area contributed by atoms with Crippen LogP contribution in [0.15, 0.2) is 121 Å². The minimum absolute atomic E-state index is 0.00116. The zero-order valence-electron chi connectivity index (χ0n) is 68.9. The van der Waals surface area contributed by atoms with E-state index in [0.717, 1.165) is 83.6 Å². The Morgan fingerprint density at radius 2 is 0.806 bits per heavy atom. The lowest BCUT2D eigenvalue weighted by Crippen LogP contribution is -2.35. The van der Waals surface area contributed by atoms with Crippen molar-refractivity contribution in [3.8, 4) is 34.1 Å². The molecule has 6 aliphatic carbocycles. The molecule has 7 aromatic carbocycles. The molecule has 14 rings (SSSR count). The van der Waals surface area contributed by atoms with Gasteiger partial charge < -0.3 is 75.2 Å². The Kier molecular flexibility index (Phi) is 39.9. The maximum Gasteiger partial charge on any atom is 0.341 e. The first-order chi connectivity index (χ1) is 62.8. The Labute approximate surface area is 876 Å². The van der Waals surface area contributed by atoms with Crippen molar-refractivity contribution < 1.29 is 170 Å². The monoisotopic (exact) mass is 2850 g/mol. The summed E-state index contributed by atoms with van der Waals surface area (Å²) in [5.41, 5.74) is 3.43. The van der Waals surface area contributed by atoms with Crippen molar-refractivity contribution in [3.05, 3.63) is 194 Å². The van der Waals surface area contributed by atoms with Gasteiger partial charge in [0.1, 0.15) is 73.6 Å². The van der Waals surface area contributed by atoms with E-state index in [4.69, 9.17) is 47.4 Å². The fourth-order valence-electron chi connectivity index (χ4n) is 15.8. The molecule has 1 saturated heterocycles. The quantitative estimate of drug-likeness (QED) is 0.00865. The number of aromatic carboxylic acids is 1. The molecule has 6 fully saturated rings. The van der Waals surface area contributed by atoms with Gasteiger partial charge in [-0.05, 0) is 338 Å². The lowest BCUT2D eigenvalue weighted by molar-refractivity contribution is -0.149. The van der Waals surface area contributed by atoms with Crippen LogP contribution in [0, 0.1) is 75.9 Å². The van der Waals surface area contributed by atoms with Gasteiger partial charge in [-0.15, -0.1) is 0 Å². The molecule has 1 heterocycles. The largest absolute Gasteiger partial charge is 0.748 e. The molecule has 37 nitrogen and oxygen atoms in total. The number of carboxylic acid groups (broad SMARTS) is 1. The van der Waals surface area contributed by atoms with Crippen molar-refractivity contribution in [3.63, 3.8) is 0 Å². The molecular formula is C84H73I8O37S5-5. The zero-order chi connectivity index (χ0) is 98.4. The molecule has 50 heteroatoms. The highest BCUT2D eigenvalue weighted by atomic mass is 127. The highest BCUT2D eigenvalue weighted by Gasteiger charge is 2.64. The van der Waals surface area contributed by atoms with Crippen LogP contribution in [0.2, 0.25) is 0 Å². The normalized spacial score (nSPS) is 18.9. The number of ether oxygens (including phenoxy) is 10. The summed E-state index contributed by atoms with van der Waals surface area (Å²) in [6, 6.07) is 33.0. The van der Waals surface area contributed by atoms with E-state index in [1.54, 1.807) is 24.3 Å². The molecule has 5 saturated carbocycles. The molecule has 0 aromatic heterocycles. The predicted octanol–water partition coefficient (Wildman–Crippen LogP) is 12.1. The fraction of sp³-hybridized carbons (Fsp3) is 0.369. The Hall–Kier alpha value is -5.90. The number of hydrogen-bond acceptors (Lipinski definition) is 36. The molecule has 7 aliphatic rings. The first kappa shape index (κ1) is 110. The third-order valence-corrected chi connectivity index (χ3v) is 35.9. The molecule has 4 bridgehead atoms. The van der Waals surface area contributed by atoms with Crippen LogP contribution in [0.25, 0.3) is 11.1 Å². The van der Waals surface area contributed by atoms with E-state index in [9.17, 15) is 123 Å². The van der Waals surface area contributed by atoms with Gasteiger partial charge in [-0.3, -0.25) is 24.0 Å². The summed E-state index contributed by atoms with van der Waals surface area (Å²) in [6.45, 7) is -2.82. The summed E-state index contributed by atoms with van der Waals surface area (Å²) in [5, 5.41) is 9.32. The second-order valence-electron chi connectivity index (χ2n) is 30.7. The van der Waals surface area contributed by atoms with E-state index in [0.29, 0.717) is 43.2 Å². The molecule has 1 N–H and O–H groups in total. The zero-order valence-corrected chi connectivity index (χ0v) is 90.2. The van der Waals surface area contributed by atoms with Crippen molar-refractivity contribution in [1.82, 2.24) is 0 Å². The molecule has 722 valence electrons. The second-order valence-corrected chi connectivity index (χ2v) is 47.4. The van der Waals surface area contributed by atoms with Gasteiger partial charge in [0, 0.05) is 23.8 Å². The van der Waals surface area contributed by atoms with Gasteiger partial charge in [0.05, 0.1) is 142 Å². The standard InChI is InChI=1S/C23H17IO7S.C18H17IO9S.C17H19IO7S.C16H19IO7S.C10H6I4O7S/c24-14-9-10-19(22(25)30-11-12-32(27,28)29)20(13-14)31-23(26)21-17-7-3-1-5-15(17)16-6-2-4-8-18(16)21;19-11-2-1-8(16(20)26-3-4-29(23,24)25)6-13(11)28-17(21)14-9-5-10-12(7-9)27-18(22)15(10)14;18-14-4-3-12(16(19)24-5-6-26(21,22)23)9-15(14)25-17(20)13-8-10-1-2-11(13)7-10;17-13-7-6-12(15(18)23-8-9-25(20,21)22)10-14(13)24-16(19)11-4-2-1-3-5-11;11-5-3(9(15)16)4(6(12)8(14)7(5)13)10(17)21-1-2-22(18,19)20/h1-10,13,21H,11-12H2,(H,27,28,29);1-2,6,9-10,12,14-15H,3-5,7H2,(H,23,24,25);3-4,9-11,13H,1-2,5-8H2,(H,21,22,23);6-7,10-11H,1-5,8-9H2,(H,20,21,22);1-2H2,(H,15,16)(H,18,19,20)/p-5. The first-order valence-corrected chi connectivity index (χ1v) is 56.4. The maximum atomic E-state index is 13.3. The SMILES string of the molecule is O=C(O)c1c(I)c(I)c(I)c(I)c1C(=O)OCCS(=O)(=O)[O-].O=C(OCCS(=O)(=O)[O-])c1ccc(I)c(OC(=O)C2C3CC4OC(=O)C2C4C3)c1.O=C(OCCS(=O)(=O)[O-])c1ccc(I)c(OC(=O)C2CC3CCC2C3)c1.O=C(OCCS(=O)(=O)[O-])c1ccc(I)c(OC(=O)C2CCCCC2)c1.O=C(OCCS(=O)(=O)[O-])c1ccc(I)cc1OC(=O)C1c2ccccc2-c2ccccc21. The van der Waals surface area contributed by atoms with Gasteiger partial charge in [-0.1, -0.05) is 74.2 Å². The summed E-state index contributed by atoms with van der Waals surface area (Å²) in [6.07, 6.45) is 10.3. The summed E-state index contributed by atoms with van der Waals surface area (Å²) in [5.74, 6) is -11.7. The number of benzene rings is 7. The average Bonchev–Trinajstić information content (AvgIpc) is 1.56. The Balaban J connectivity index is 0.000000174. The van der Waals surface area contributed by atoms with Crippen LogP contribution in [-0.2, 0) is 103 Å². The third kappa shape index (κ3) is 31.1. The van der Waals surface area contributed by atoms with Gasteiger partial charge in [0.25, 0.3) is 0 Å². The van der Waals surface area contributed by atoms with Gasteiger partial charge in [-0.25, -0.2) is 70.9 Å². The molecule has 8 atom stereocenters. The van der Waals surface area contributed by atoms with Gasteiger partial charge in [-0.2, -0.15) is 0 Å². The number of halogens is 8. The number of carbonyl (C=O) groups excluding carboxylic acids is 10. The number of esters is 10. The fourth-order valence-corrected chi connectivity index (χ4v) is 22.7. The van der Waals surface area contributed by atoms with Crippen LogP contribution in [0.4, 0.5) is 0 Å². The first-order valence-electron chi connectivity index (χ1n) is 39.9. The highest BCUT2D eigenvalue weighted by Crippen LogP contribution is 2.58. The van der Waals surface area contributed by atoms with Crippen LogP contribution in [0.5, 0.6) is 23.0 Å². The van der Waals surface area contributed by atoms with E-state index < -0.39 is 178 Å². The topological polar surface area (TPSA) is 586 Å². The number of rotatable bonds is 29. The number of fused-ring (bicyclic) bond motifs is 6. The van der Waals surface area contributed by atoms with E-state index in [1.165, 1.54) is 55.0 Å². The highest BCUT2D eigenvalue weighted by molar-refractivity contribution is 14.1. The molecule has 0 radical (unpaired) electrons. The molecule has 0 spiro atoms. The lowest BCUT2D eigenvalue weighted by Gasteiger charge is -2.23. The summed E-state index contributed by atoms with van der Waals surface area (Å²) in [4.78, 5) is 135. The Bertz CT molecular complexity index is 6310. The van der Waals surface area contributed by atoms with Crippen LogP contribution >= 0.6 is 181 Å². The number of hydrogen-bond donors (Lipinski definition) is 1. The van der Waals surface area contributed by atoms with Gasteiger partial charge in [0.15, 0.2) is 0 Å². The molecule has 0 amide bonds. The van der Waals surface area contributed by atoms with Crippen LogP contribution in [0.1, 0.15) is 150 Å². The molecule has 1 aliphatic heterocycles. The molecular weight excluding hydrogens is 2780 g/mol. The lowest BCUT2D eigenvalue weighted by atomic mass is 9.80. The van der Waals surface area contributed by atoms with Crippen LogP contribution in [-0.4, -0.2) is 204 Å². The van der Waals surface area contributed by atoms with E-state index >= 15 is 0 Å². The average molecular weight is 2850 g/mol. The van der Waals surface area contributed by atoms with Gasteiger partial charge >= 0.3 is 65.7 Å². The second kappa shape index (κ2) is 48.5. The van der Waals surface area contributed by atoms with Crippen molar-refractivity contribution in [1.29, 1.82) is 0 Å². The molecule has 134 heavy (non-hydrogen) atoms. The van der Waals surface area contributed by atoms with Crippen LogP contribution < -0.4 is 18.9 Å². The maximum absolute atomic E-state index is 13.3.